The Bertz CT molecular complexity index is 480. The highest BCUT2D eigenvalue weighted by molar-refractivity contribution is 7.89. The van der Waals surface area contributed by atoms with E-state index in [0.29, 0.717) is 12.3 Å². The zero-order chi connectivity index (χ0) is 14.5. The van der Waals surface area contributed by atoms with Crippen LogP contribution in [-0.4, -0.2) is 21.0 Å². The van der Waals surface area contributed by atoms with E-state index < -0.39 is 10.0 Å². The molecule has 1 heterocycles. The third kappa shape index (κ3) is 4.63. The Hall–Kier alpha value is -0.850. The monoisotopic (exact) mass is 288 g/mol. The Labute approximate surface area is 115 Å². The van der Waals surface area contributed by atoms with Crippen molar-refractivity contribution < 1.29 is 12.8 Å². The zero-order valence-electron chi connectivity index (χ0n) is 12.1. The molecule has 6 heteroatoms. The number of rotatable bonds is 8. The molecule has 5 nitrogen and oxygen atoms in total. The van der Waals surface area contributed by atoms with Crippen molar-refractivity contribution in [2.75, 3.05) is 6.54 Å². The Morgan fingerprint density at radius 2 is 1.95 bits per heavy atom. The van der Waals surface area contributed by atoms with E-state index in [1.165, 1.54) is 6.07 Å². The number of sulfonamides is 1. The molecule has 19 heavy (non-hydrogen) atoms. The summed E-state index contributed by atoms with van der Waals surface area (Å²) in [6.07, 6.45) is 0.752. The van der Waals surface area contributed by atoms with Crippen LogP contribution in [0.1, 0.15) is 39.9 Å². The molecule has 1 atom stereocenters. The first-order valence-corrected chi connectivity index (χ1v) is 8.20. The first-order chi connectivity index (χ1) is 8.90. The largest absolute Gasteiger partial charge is 0.447 e. The summed E-state index contributed by atoms with van der Waals surface area (Å²) in [6, 6.07) is 3.11. The topological polar surface area (TPSA) is 71.3 Å². The Balaban J connectivity index is 2.79. The van der Waals surface area contributed by atoms with Crippen LogP contribution in [-0.2, 0) is 16.6 Å². The Kier molecular flexibility index (Phi) is 6.03. The molecule has 1 aromatic heterocycles. The van der Waals surface area contributed by atoms with Crippen molar-refractivity contribution >= 4 is 10.0 Å². The number of nitrogens with one attached hydrogen (secondary N) is 2. The fraction of sp³-hybridized carbons (Fsp3) is 0.692. The van der Waals surface area contributed by atoms with Crippen LogP contribution in [0.25, 0.3) is 0 Å². The van der Waals surface area contributed by atoms with Gasteiger partial charge in [0.1, 0.15) is 5.76 Å². The molecule has 0 aliphatic heterocycles. The predicted octanol–water partition coefficient (Wildman–Crippen LogP) is 2.10. The second kappa shape index (κ2) is 7.07. The summed E-state index contributed by atoms with van der Waals surface area (Å²) in [7, 11) is -3.57. The predicted molar refractivity (Wildman–Crippen MR) is 75.3 cm³/mol. The van der Waals surface area contributed by atoms with Crippen molar-refractivity contribution in [3.05, 3.63) is 17.9 Å². The molecule has 0 amide bonds. The van der Waals surface area contributed by atoms with Crippen molar-refractivity contribution in [3.8, 4) is 0 Å². The van der Waals surface area contributed by atoms with Gasteiger partial charge in [-0.15, -0.1) is 0 Å². The molecule has 1 aromatic rings. The molecule has 0 saturated carbocycles. The molecule has 0 bridgehead atoms. The van der Waals surface area contributed by atoms with Gasteiger partial charge >= 0.3 is 0 Å². The minimum atomic E-state index is -3.57. The highest BCUT2D eigenvalue weighted by Gasteiger charge is 2.24. The van der Waals surface area contributed by atoms with Crippen LogP contribution < -0.4 is 10.0 Å². The zero-order valence-corrected chi connectivity index (χ0v) is 12.9. The lowest BCUT2D eigenvalue weighted by Gasteiger charge is -2.19. The van der Waals surface area contributed by atoms with Crippen LogP contribution >= 0.6 is 0 Å². The third-order valence-corrected chi connectivity index (χ3v) is 4.36. The maximum atomic E-state index is 12.2. The molecule has 0 saturated heterocycles. The summed E-state index contributed by atoms with van der Waals surface area (Å²) in [5, 5.41) is 3.08. The molecule has 0 aromatic carbocycles. The number of furan rings is 1. The average molecular weight is 288 g/mol. The average Bonchev–Trinajstić information content (AvgIpc) is 2.82. The molecule has 0 fully saturated rings. The van der Waals surface area contributed by atoms with Crippen LogP contribution in [0, 0.1) is 5.92 Å². The fourth-order valence-electron chi connectivity index (χ4n) is 1.79. The van der Waals surface area contributed by atoms with Crippen LogP contribution in [0.4, 0.5) is 0 Å². The second-order valence-corrected chi connectivity index (χ2v) is 6.53. The summed E-state index contributed by atoms with van der Waals surface area (Å²) in [5.74, 6) is 0.871. The molecule has 0 radical (unpaired) electrons. The molecule has 1 unspecified atom stereocenters. The molecule has 0 aliphatic carbocycles. The minimum Gasteiger partial charge on any atom is -0.447 e. The maximum Gasteiger partial charge on any atom is 0.274 e. The van der Waals surface area contributed by atoms with Crippen molar-refractivity contribution in [3.63, 3.8) is 0 Å². The molecule has 110 valence electrons. The second-order valence-electron chi connectivity index (χ2n) is 4.88. The first-order valence-electron chi connectivity index (χ1n) is 6.72. The summed E-state index contributed by atoms with van der Waals surface area (Å²) >= 11 is 0. The van der Waals surface area contributed by atoms with Gasteiger partial charge in [-0.05, 0) is 31.0 Å². The lowest BCUT2D eigenvalue weighted by atomic mass is 10.0. The van der Waals surface area contributed by atoms with E-state index >= 15 is 0 Å². The van der Waals surface area contributed by atoms with Gasteiger partial charge in [-0.2, -0.15) is 0 Å². The standard InChI is InChI=1S/C13H24N2O3S/c1-5-12(10(3)4)15-19(16,17)13-8-7-11(18-13)9-14-6-2/h7-8,10,12,14-15H,5-6,9H2,1-4H3. The van der Waals surface area contributed by atoms with E-state index in [9.17, 15) is 8.42 Å². The van der Waals surface area contributed by atoms with E-state index in [-0.39, 0.29) is 17.1 Å². The Morgan fingerprint density at radius 1 is 1.26 bits per heavy atom. The lowest BCUT2D eigenvalue weighted by molar-refractivity contribution is 0.389. The summed E-state index contributed by atoms with van der Waals surface area (Å²) < 4.78 is 32.4. The van der Waals surface area contributed by atoms with E-state index in [1.807, 2.05) is 27.7 Å². The van der Waals surface area contributed by atoms with Gasteiger partial charge in [-0.1, -0.05) is 27.7 Å². The highest BCUT2D eigenvalue weighted by Crippen LogP contribution is 2.16. The molecular formula is C13H24N2O3S. The van der Waals surface area contributed by atoms with Gasteiger partial charge in [0.15, 0.2) is 0 Å². The quantitative estimate of drug-likeness (QED) is 0.768. The lowest BCUT2D eigenvalue weighted by Crippen LogP contribution is -2.37. The minimum absolute atomic E-state index is 0.0143. The van der Waals surface area contributed by atoms with Crippen molar-refractivity contribution in [1.29, 1.82) is 0 Å². The van der Waals surface area contributed by atoms with Crippen LogP contribution in [0.3, 0.4) is 0 Å². The molecule has 2 N–H and O–H groups in total. The molecule has 0 aliphatic rings. The molecule has 0 spiro atoms. The van der Waals surface area contributed by atoms with Crippen LogP contribution in [0.15, 0.2) is 21.6 Å². The van der Waals surface area contributed by atoms with E-state index in [1.54, 1.807) is 6.07 Å². The van der Waals surface area contributed by atoms with Gasteiger partial charge in [-0.3, -0.25) is 0 Å². The van der Waals surface area contributed by atoms with E-state index in [0.717, 1.165) is 13.0 Å². The van der Waals surface area contributed by atoms with Gasteiger partial charge in [0.25, 0.3) is 10.0 Å². The van der Waals surface area contributed by atoms with Gasteiger partial charge in [-0.25, -0.2) is 13.1 Å². The normalized spacial score (nSPS) is 13.9. The van der Waals surface area contributed by atoms with Gasteiger partial charge in [0.05, 0.1) is 6.54 Å². The van der Waals surface area contributed by atoms with Crippen molar-refractivity contribution in [1.82, 2.24) is 10.0 Å². The summed E-state index contributed by atoms with van der Waals surface area (Å²) in [4.78, 5) is 0. The van der Waals surface area contributed by atoms with Gasteiger partial charge in [0.2, 0.25) is 5.09 Å². The fourth-order valence-corrected chi connectivity index (χ4v) is 3.21. The summed E-state index contributed by atoms with van der Waals surface area (Å²) in [6.45, 7) is 9.28. The SMILES string of the molecule is CCNCc1ccc(S(=O)(=O)NC(CC)C(C)C)o1. The smallest absolute Gasteiger partial charge is 0.274 e. The summed E-state index contributed by atoms with van der Waals surface area (Å²) in [5.41, 5.74) is 0. The van der Waals surface area contributed by atoms with Crippen LogP contribution in [0.2, 0.25) is 0 Å². The first kappa shape index (κ1) is 16.2. The Morgan fingerprint density at radius 3 is 2.47 bits per heavy atom. The van der Waals surface area contributed by atoms with Crippen LogP contribution in [0.5, 0.6) is 0 Å². The van der Waals surface area contributed by atoms with Crippen molar-refractivity contribution in [2.24, 2.45) is 5.92 Å². The number of hydrogen-bond donors (Lipinski definition) is 2. The highest BCUT2D eigenvalue weighted by atomic mass is 32.2. The van der Waals surface area contributed by atoms with E-state index in [4.69, 9.17) is 4.42 Å². The third-order valence-electron chi connectivity index (χ3n) is 3.00. The molecular weight excluding hydrogens is 264 g/mol. The number of hydrogen-bond acceptors (Lipinski definition) is 4. The maximum absolute atomic E-state index is 12.2. The van der Waals surface area contributed by atoms with Gasteiger partial charge in [0, 0.05) is 6.04 Å². The van der Waals surface area contributed by atoms with Crippen molar-refractivity contribution in [2.45, 2.75) is 51.8 Å². The molecule has 1 rings (SSSR count). The van der Waals surface area contributed by atoms with E-state index in [2.05, 4.69) is 10.0 Å². The van der Waals surface area contributed by atoms with Gasteiger partial charge < -0.3 is 9.73 Å².